The van der Waals surface area contributed by atoms with Gasteiger partial charge in [0.05, 0.1) is 6.04 Å². The molecule has 0 bridgehead atoms. The largest absolute Gasteiger partial charge is 0.463 e. The first-order chi connectivity index (χ1) is 6.27. The summed E-state index contributed by atoms with van der Waals surface area (Å²) in [6.07, 6.45) is -0.761. The predicted molar refractivity (Wildman–Crippen MR) is 49.4 cm³/mol. The van der Waals surface area contributed by atoms with Crippen LogP contribution < -0.4 is 10.1 Å². The van der Waals surface area contributed by atoms with Crippen molar-refractivity contribution in [3.05, 3.63) is 29.8 Å². The summed E-state index contributed by atoms with van der Waals surface area (Å²) in [5, 5.41) is 12.7. The van der Waals surface area contributed by atoms with Crippen molar-refractivity contribution in [2.24, 2.45) is 0 Å². The standard InChI is InChI=1S/C10H13NO2/c1-7-10(12)13-9-5-3-2-4-8(9)6-11-7/h2-5,7,10-12H,6H2,1H3. The van der Waals surface area contributed by atoms with Crippen molar-refractivity contribution in [2.75, 3.05) is 0 Å². The molecule has 2 N–H and O–H groups in total. The minimum atomic E-state index is -0.761. The van der Waals surface area contributed by atoms with Gasteiger partial charge in [0.1, 0.15) is 5.75 Å². The smallest absolute Gasteiger partial charge is 0.212 e. The molecule has 1 aliphatic rings. The number of aliphatic hydroxyl groups is 1. The minimum Gasteiger partial charge on any atom is -0.463 e. The summed E-state index contributed by atoms with van der Waals surface area (Å²) in [6.45, 7) is 2.64. The highest BCUT2D eigenvalue weighted by Crippen LogP contribution is 2.21. The fourth-order valence-electron chi connectivity index (χ4n) is 1.37. The van der Waals surface area contributed by atoms with Gasteiger partial charge in [0.15, 0.2) is 0 Å². The monoisotopic (exact) mass is 179 g/mol. The van der Waals surface area contributed by atoms with Crippen molar-refractivity contribution in [3.8, 4) is 5.75 Å². The fourth-order valence-corrected chi connectivity index (χ4v) is 1.37. The molecule has 1 aliphatic heterocycles. The van der Waals surface area contributed by atoms with Crippen molar-refractivity contribution >= 4 is 0 Å². The SMILES string of the molecule is CC1NCc2ccccc2OC1O. The quantitative estimate of drug-likeness (QED) is 0.621. The Bertz CT molecular complexity index is 301. The summed E-state index contributed by atoms with van der Waals surface area (Å²) in [5.74, 6) is 0.770. The molecule has 0 radical (unpaired) electrons. The minimum absolute atomic E-state index is 0.0348. The van der Waals surface area contributed by atoms with Crippen molar-refractivity contribution in [1.82, 2.24) is 5.32 Å². The molecular weight excluding hydrogens is 166 g/mol. The van der Waals surface area contributed by atoms with E-state index in [1.165, 1.54) is 0 Å². The van der Waals surface area contributed by atoms with Crippen LogP contribution in [0.4, 0.5) is 0 Å². The number of ether oxygens (including phenoxy) is 1. The van der Waals surface area contributed by atoms with Gasteiger partial charge in [0.2, 0.25) is 6.29 Å². The van der Waals surface area contributed by atoms with Gasteiger partial charge in [-0.1, -0.05) is 18.2 Å². The van der Waals surface area contributed by atoms with Gasteiger partial charge in [-0.3, -0.25) is 0 Å². The average molecular weight is 179 g/mol. The molecule has 1 aromatic carbocycles. The number of fused-ring (bicyclic) bond motifs is 1. The Balaban J connectivity index is 2.29. The molecule has 3 heteroatoms. The summed E-state index contributed by atoms with van der Waals surface area (Å²) < 4.78 is 5.36. The first-order valence-electron chi connectivity index (χ1n) is 4.43. The van der Waals surface area contributed by atoms with Crippen LogP contribution in [0, 0.1) is 0 Å². The highest BCUT2D eigenvalue weighted by atomic mass is 16.6. The second-order valence-corrected chi connectivity index (χ2v) is 3.29. The van der Waals surface area contributed by atoms with Gasteiger partial charge in [-0.15, -0.1) is 0 Å². The molecule has 0 saturated heterocycles. The molecule has 2 atom stereocenters. The molecule has 1 heterocycles. The first-order valence-corrected chi connectivity index (χ1v) is 4.43. The lowest BCUT2D eigenvalue weighted by molar-refractivity contribution is -0.0367. The lowest BCUT2D eigenvalue weighted by atomic mass is 10.2. The topological polar surface area (TPSA) is 41.5 Å². The van der Waals surface area contributed by atoms with Crippen LogP contribution in [-0.4, -0.2) is 17.4 Å². The lowest BCUT2D eigenvalue weighted by Crippen LogP contribution is -2.38. The molecule has 70 valence electrons. The number of para-hydroxylation sites is 1. The van der Waals surface area contributed by atoms with E-state index in [4.69, 9.17) is 4.74 Å². The van der Waals surface area contributed by atoms with Crippen LogP contribution in [0.1, 0.15) is 12.5 Å². The summed E-state index contributed by atoms with van der Waals surface area (Å²) in [5.41, 5.74) is 1.09. The Morgan fingerprint density at radius 2 is 2.23 bits per heavy atom. The van der Waals surface area contributed by atoms with E-state index in [9.17, 15) is 5.11 Å². The lowest BCUT2D eigenvalue weighted by Gasteiger charge is -2.16. The molecule has 0 fully saturated rings. The number of rotatable bonds is 0. The van der Waals surface area contributed by atoms with Gasteiger partial charge in [-0.2, -0.15) is 0 Å². The molecule has 0 amide bonds. The normalized spacial score (nSPS) is 27.2. The maximum absolute atomic E-state index is 9.52. The van der Waals surface area contributed by atoms with Crippen LogP contribution in [0.15, 0.2) is 24.3 Å². The summed E-state index contributed by atoms with van der Waals surface area (Å²) in [7, 11) is 0. The molecule has 2 rings (SSSR count). The number of aliphatic hydroxyl groups excluding tert-OH is 1. The van der Waals surface area contributed by atoms with E-state index in [0.29, 0.717) is 0 Å². The third-order valence-electron chi connectivity index (χ3n) is 2.26. The van der Waals surface area contributed by atoms with Crippen molar-refractivity contribution in [3.63, 3.8) is 0 Å². The van der Waals surface area contributed by atoms with Gasteiger partial charge in [0, 0.05) is 12.1 Å². The van der Waals surface area contributed by atoms with Gasteiger partial charge in [-0.25, -0.2) is 0 Å². The van der Waals surface area contributed by atoms with E-state index in [2.05, 4.69) is 5.32 Å². The maximum Gasteiger partial charge on any atom is 0.212 e. The average Bonchev–Trinajstić information content (AvgIpc) is 2.28. The maximum atomic E-state index is 9.52. The first kappa shape index (κ1) is 8.53. The van der Waals surface area contributed by atoms with Crippen molar-refractivity contribution < 1.29 is 9.84 Å². The van der Waals surface area contributed by atoms with Crippen LogP contribution in [0.25, 0.3) is 0 Å². The van der Waals surface area contributed by atoms with Crippen LogP contribution in [0.3, 0.4) is 0 Å². The molecule has 2 unspecified atom stereocenters. The van der Waals surface area contributed by atoms with Crippen LogP contribution in [0.2, 0.25) is 0 Å². The zero-order valence-electron chi connectivity index (χ0n) is 7.53. The van der Waals surface area contributed by atoms with E-state index >= 15 is 0 Å². The Hall–Kier alpha value is -1.06. The Morgan fingerprint density at radius 3 is 3.08 bits per heavy atom. The molecule has 0 saturated carbocycles. The fraction of sp³-hybridized carbons (Fsp3) is 0.400. The van der Waals surface area contributed by atoms with E-state index in [1.807, 2.05) is 31.2 Å². The number of nitrogens with one attached hydrogen (secondary N) is 1. The molecule has 1 aromatic rings. The number of benzene rings is 1. The Labute approximate surface area is 77.3 Å². The second kappa shape index (κ2) is 3.36. The van der Waals surface area contributed by atoms with Gasteiger partial charge < -0.3 is 15.2 Å². The summed E-state index contributed by atoms with van der Waals surface area (Å²) in [4.78, 5) is 0. The van der Waals surface area contributed by atoms with E-state index in [1.54, 1.807) is 0 Å². The molecule has 0 aliphatic carbocycles. The molecule has 13 heavy (non-hydrogen) atoms. The second-order valence-electron chi connectivity index (χ2n) is 3.29. The van der Waals surface area contributed by atoms with Crippen molar-refractivity contribution in [2.45, 2.75) is 25.8 Å². The van der Waals surface area contributed by atoms with Crippen LogP contribution in [-0.2, 0) is 6.54 Å². The number of hydrogen-bond acceptors (Lipinski definition) is 3. The number of hydrogen-bond donors (Lipinski definition) is 2. The van der Waals surface area contributed by atoms with Gasteiger partial charge >= 0.3 is 0 Å². The molecule has 0 aromatic heterocycles. The van der Waals surface area contributed by atoms with Gasteiger partial charge in [-0.05, 0) is 13.0 Å². The van der Waals surface area contributed by atoms with E-state index in [-0.39, 0.29) is 6.04 Å². The zero-order valence-corrected chi connectivity index (χ0v) is 7.53. The Kier molecular flexibility index (Phi) is 2.20. The summed E-state index contributed by atoms with van der Waals surface area (Å²) in [6, 6.07) is 7.70. The highest BCUT2D eigenvalue weighted by molar-refractivity contribution is 5.34. The predicted octanol–water partition coefficient (Wildman–Crippen LogP) is 0.875. The summed E-state index contributed by atoms with van der Waals surface area (Å²) >= 11 is 0. The highest BCUT2D eigenvalue weighted by Gasteiger charge is 2.20. The third-order valence-corrected chi connectivity index (χ3v) is 2.26. The van der Waals surface area contributed by atoms with Gasteiger partial charge in [0.25, 0.3) is 0 Å². The van der Waals surface area contributed by atoms with Crippen LogP contribution in [0.5, 0.6) is 5.75 Å². The van der Waals surface area contributed by atoms with E-state index in [0.717, 1.165) is 17.9 Å². The zero-order chi connectivity index (χ0) is 9.26. The molecule has 0 spiro atoms. The Morgan fingerprint density at radius 1 is 1.46 bits per heavy atom. The third kappa shape index (κ3) is 1.66. The van der Waals surface area contributed by atoms with E-state index < -0.39 is 6.29 Å². The van der Waals surface area contributed by atoms with Crippen LogP contribution >= 0.6 is 0 Å². The van der Waals surface area contributed by atoms with Crippen molar-refractivity contribution in [1.29, 1.82) is 0 Å². The molecule has 3 nitrogen and oxygen atoms in total. The molecular formula is C10H13NO2.